The lowest BCUT2D eigenvalue weighted by molar-refractivity contribution is -0.122. The molecule has 0 unspecified atom stereocenters. The lowest BCUT2D eigenvalue weighted by Gasteiger charge is -2.26. The Morgan fingerprint density at radius 3 is 2.91 bits per heavy atom. The van der Waals surface area contributed by atoms with Gasteiger partial charge >= 0.3 is 0 Å². The highest BCUT2D eigenvalue weighted by atomic mass is 16.5. The Bertz CT molecular complexity index is 573. The molecule has 2 fully saturated rings. The summed E-state index contributed by atoms with van der Waals surface area (Å²) in [6.07, 6.45) is 3.88. The Morgan fingerprint density at radius 2 is 2.27 bits per heavy atom. The van der Waals surface area contributed by atoms with E-state index < -0.39 is 0 Å². The Kier molecular flexibility index (Phi) is 4.34. The van der Waals surface area contributed by atoms with Crippen molar-refractivity contribution in [2.75, 3.05) is 20.2 Å². The van der Waals surface area contributed by atoms with Gasteiger partial charge in [0.25, 0.3) is 0 Å². The number of ether oxygens (including phenoxy) is 1. The van der Waals surface area contributed by atoms with Crippen molar-refractivity contribution in [1.29, 1.82) is 0 Å². The predicted molar refractivity (Wildman–Crippen MR) is 84.8 cm³/mol. The number of likely N-dealkylation sites (tertiary alicyclic amines) is 1. The Labute approximate surface area is 132 Å². The topological polar surface area (TPSA) is 54.5 Å². The second-order valence-electron chi connectivity index (χ2n) is 6.61. The van der Waals surface area contributed by atoms with Crippen molar-refractivity contribution in [3.05, 3.63) is 22.9 Å². The molecule has 2 aliphatic rings. The van der Waals surface area contributed by atoms with E-state index >= 15 is 0 Å². The number of fused-ring (bicyclic) bond motifs is 2. The zero-order valence-electron chi connectivity index (χ0n) is 13.7. The zero-order chi connectivity index (χ0) is 15.7. The number of carbonyl (C=O) groups excluding carboxylic acids is 1. The lowest BCUT2D eigenvalue weighted by atomic mass is 10.1. The van der Waals surface area contributed by atoms with Gasteiger partial charge in [0.1, 0.15) is 0 Å². The van der Waals surface area contributed by atoms with E-state index in [1.807, 2.05) is 19.9 Å². The molecule has 1 aliphatic heterocycles. The summed E-state index contributed by atoms with van der Waals surface area (Å²) in [6.45, 7) is 6.05. The van der Waals surface area contributed by atoms with E-state index in [1.165, 1.54) is 19.3 Å². The van der Waals surface area contributed by atoms with Gasteiger partial charge in [0, 0.05) is 30.4 Å². The number of aryl methyl sites for hydroxylation is 2. The molecule has 1 aliphatic carbocycles. The van der Waals surface area contributed by atoms with Crippen LogP contribution in [0.15, 0.2) is 6.07 Å². The maximum absolute atomic E-state index is 12.2. The monoisotopic (exact) mass is 303 g/mol. The summed E-state index contributed by atoms with van der Waals surface area (Å²) in [5.41, 5.74) is 2.99. The van der Waals surface area contributed by atoms with Crippen LogP contribution in [0.3, 0.4) is 0 Å². The quantitative estimate of drug-likeness (QED) is 0.901. The highest BCUT2D eigenvalue weighted by Crippen LogP contribution is 2.36. The molecule has 22 heavy (non-hydrogen) atoms. The summed E-state index contributed by atoms with van der Waals surface area (Å²) < 4.78 is 5.34. The van der Waals surface area contributed by atoms with Crippen LogP contribution < -0.4 is 10.1 Å². The van der Waals surface area contributed by atoms with Gasteiger partial charge in [0.2, 0.25) is 11.8 Å². The van der Waals surface area contributed by atoms with Crippen molar-refractivity contribution < 1.29 is 9.53 Å². The van der Waals surface area contributed by atoms with Crippen molar-refractivity contribution in [2.24, 2.45) is 5.92 Å². The summed E-state index contributed by atoms with van der Waals surface area (Å²) in [6, 6.07) is 2.65. The first-order valence-corrected chi connectivity index (χ1v) is 8.08. The molecule has 1 amide bonds. The largest absolute Gasteiger partial charge is 0.481 e. The van der Waals surface area contributed by atoms with Gasteiger partial charge in [0.15, 0.2) is 0 Å². The van der Waals surface area contributed by atoms with Crippen LogP contribution in [-0.2, 0) is 11.3 Å². The third kappa shape index (κ3) is 3.09. The first-order chi connectivity index (χ1) is 10.6. The number of pyridine rings is 1. The van der Waals surface area contributed by atoms with Gasteiger partial charge in [-0.05, 0) is 50.7 Å². The van der Waals surface area contributed by atoms with E-state index in [9.17, 15) is 4.79 Å². The summed E-state index contributed by atoms with van der Waals surface area (Å²) >= 11 is 0. The van der Waals surface area contributed by atoms with Crippen LogP contribution in [0, 0.1) is 19.8 Å². The summed E-state index contributed by atoms with van der Waals surface area (Å²) in [7, 11) is 1.62. The number of rotatable bonds is 5. The first-order valence-electron chi connectivity index (χ1n) is 8.08. The molecule has 1 aromatic heterocycles. The number of aromatic nitrogens is 1. The van der Waals surface area contributed by atoms with Crippen molar-refractivity contribution in [3.8, 4) is 5.88 Å². The molecule has 0 radical (unpaired) electrons. The minimum atomic E-state index is 0.0922. The lowest BCUT2D eigenvalue weighted by Crippen LogP contribution is -2.41. The molecule has 1 aromatic rings. The van der Waals surface area contributed by atoms with Gasteiger partial charge in [-0.1, -0.05) is 0 Å². The number of hydrogen-bond donors (Lipinski definition) is 1. The van der Waals surface area contributed by atoms with Crippen molar-refractivity contribution in [2.45, 2.75) is 45.7 Å². The maximum atomic E-state index is 12.2. The van der Waals surface area contributed by atoms with Gasteiger partial charge < -0.3 is 10.1 Å². The minimum Gasteiger partial charge on any atom is -0.481 e. The number of nitrogens with zero attached hydrogens (tertiary/aromatic N) is 2. The molecule has 1 saturated carbocycles. The van der Waals surface area contributed by atoms with Crippen LogP contribution in [0.25, 0.3) is 0 Å². The molecular weight excluding hydrogens is 278 g/mol. The fourth-order valence-electron chi connectivity index (χ4n) is 3.86. The SMILES string of the molecule is COc1nc(C)cc(C)c1CNC(=O)CN1C[C@H]2CC[C@@H]1C2. The molecule has 120 valence electrons. The van der Waals surface area contributed by atoms with Gasteiger partial charge in [0.05, 0.1) is 13.7 Å². The fourth-order valence-corrected chi connectivity index (χ4v) is 3.86. The van der Waals surface area contributed by atoms with Crippen LogP contribution in [0.2, 0.25) is 0 Å². The number of piperidine rings is 1. The number of carbonyl (C=O) groups is 1. The highest BCUT2D eigenvalue weighted by Gasteiger charge is 2.38. The Balaban J connectivity index is 1.57. The molecule has 1 saturated heterocycles. The standard InChI is InChI=1S/C17H25N3O2/c1-11-6-12(2)19-17(22-3)15(11)8-18-16(21)10-20-9-13-4-5-14(20)7-13/h6,13-14H,4-5,7-10H2,1-3H3,(H,18,21)/t13-,14+/m0/s1. The van der Waals surface area contributed by atoms with Crippen molar-refractivity contribution in [1.82, 2.24) is 15.2 Å². The molecule has 2 bridgehead atoms. The Hall–Kier alpha value is -1.62. The van der Waals surface area contributed by atoms with E-state index in [0.29, 0.717) is 25.0 Å². The third-order valence-corrected chi connectivity index (χ3v) is 4.96. The van der Waals surface area contributed by atoms with Crippen LogP contribution >= 0.6 is 0 Å². The molecule has 3 rings (SSSR count). The summed E-state index contributed by atoms with van der Waals surface area (Å²) in [5.74, 6) is 1.52. The first kappa shape index (κ1) is 15.3. The fraction of sp³-hybridized carbons (Fsp3) is 0.647. The highest BCUT2D eigenvalue weighted by molar-refractivity contribution is 5.78. The van der Waals surface area contributed by atoms with E-state index in [0.717, 1.165) is 29.3 Å². The van der Waals surface area contributed by atoms with E-state index in [2.05, 4.69) is 15.2 Å². The van der Waals surface area contributed by atoms with Crippen molar-refractivity contribution >= 4 is 5.91 Å². The number of hydrogen-bond acceptors (Lipinski definition) is 4. The number of methoxy groups -OCH3 is 1. The molecule has 2 heterocycles. The number of amides is 1. The minimum absolute atomic E-state index is 0.0922. The molecule has 0 aromatic carbocycles. The van der Waals surface area contributed by atoms with E-state index in [-0.39, 0.29) is 5.91 Å². The molecule has 5 heteroatoms. The zero-order valence-corrected chi connectivity index (χ0v) is 13.7. The van der Waals surface area contributed by atoms with Gasteiger partial charge in [-0.15, -0.1) is 0 Å². The summed E-state index contributed by atoms with van der Waals surface area (Å²) in [4.78, 5) is 18.9. The third-order valence-electron chi connectivity index (χ3n) is 4.96. The van der Waals surface area contributed by atoms with Gasteiger partial charge in [-0.3, -0.25) is 9.69 Å². The van der Waals surface area contributed by atoms with Crippen LogP contribution in [0.1, 0.15) is 36.1 Å². The van der Waals surface area contributed by atoms with Crippen LogP contribution in [-0.4, -0.2) is 42.0 Å². The van der Waals surface area contributed by atoms with Gasteiger partial charge in [-0.25, -0.2) is 4.98 Å². The molecule has 5 nitrogen and oxygen atoms in total. The summed E-state index contributed by atoms with van der Waals surface area (Å²) in [5, 5.41) is 3.02. The van der Waals surface area contributed by atoms with Crippen LogP contribution in [0.4, 0.5) is 0 Å². The molecule has 2 atom stereocenters. The van der Waals surface area contributed by atoms with E-state index in [1.54, 1.807) is 7.11 Å². The average molecular weight is 303 g/mol. The second-order valence-corrected chi connectivity index (χ2v) is 6.61. The smallest absolute Gasteiger partial charge is 0.234 e. The normalized spacial score (nSPS) is 23.8. The molecule has 1 N–H and O–H groups in total. The van der Waals surface area contributed by atoms with Crippen molar-refractivity contribution in [3.63, 3.8) is 0 Å². The molecular formula is C17H25N3O2. The van der Waals surface area contributed by atoms with Crippen LogP contribution in [0.5, 0.6) is 5.88 Å². The predicted octanol–water partition coefficient (Wildman–Crippen LogP) is 1.81. The number of nitrogens with one attached hydrogen (secondary N) is 1. The second kappa shape index (κ2) is 6.24. The average Bonchev–Trinajstić information content (AvgIpc) is 3.08. The maximum Gasteiger partial charge on any atom is 0.234 e. The Morgan fingerprint density at radius 1 is 1.45 bits per heavy atom. The van der Waals surface area contributed by atoms with E-state index in [4.69, 9.17) is 4.74 Å². The molecule has 0 spiro atoms. The van der Waals surface area contributed by atoms with Gasteiger partial charge in [-0.2, -0.15) is 0 Å².